The fraction of sp³-hybridized carbons (Fsp3) is 0.762. The molecule has 0 bridgehead atoms. The number of allylic oxidation sites excluding steroid dienone is 1. The minimum Gasteiger partial charge on any atom is -0.393 e. The van der Waals surface area contributed by atoms with Gasteiger partial charge in [0.25, 0.3) is 0 Å². The number of nitrogens with zero attached hydrogens (tertiary/aromatic N) is 1. The normalized spacial score (nSPS) is 46.6. The van der Waals surface area contributed by atoms with Gasteiger partial charge >= 0.3 is 0 Å². The van der Waals surface area contributed by atoms with E-state index in [0.717, 1.165) is 43.2 Å². The number of fused-ring (bicyclic) bond motifs is 7. The molecule has 0 spiro atoms. The molecule has 0 unspecified atom stereocenters. The van der Waals surface area contributed by atoms with Crippen molar-refractivity contribution in [3.63, 3.8) is 0 Å². The summed E-state index contributed by atoms with van der Waals surface area (Å²) in [6.07, 6.45) is 10.3. The SMILES string of the molecule is Cc1noc2c1[C@@]1(C)CC[C@@H]3[C@H](CC=C4C[C@H](O)CC[C@@]43C)[C@H]1C2. The van der Waals surface area contributed by atoms with Crippen LogP contribution in [0.15, 0.2) is 16.2 Å². The lowest BCUT2D eigenvalue weighted by Crippen LogP contribution is -2.51. The summed E-state index contributed by atoms with van der Waals surface area (Å²) in [7, 11) is 0. The summed E-state index contributed by atoms with van der Waals surface area (Å²) < 4.78 is 5.69. The van der Waals surface area contributed by atoms with Crippen molar-refractivity contribution in [2.45, 2.75) is 77.2 Å². The Labute approximate surface area is 144 Å². The van der Waals surface area contributed by atoms with Crippen molar-refractivity contribution in [1.82, 2.24) is 5.16 Å². The second-order valence-corrected chi connectivity index (χ2v) is 9.38. The van der Waals surface area contributed by atoms with Crippen molar-refractivity contribution >= 4 is 0 Å². The number of hydrogen-bond acceptors (Lipinski definition) is 3. The van der Waals surface area contributed by atoms with Gasteiger partial charge in [-0.1, -0.05) is 30.7 Å². The average Bonchev–Trinajstić information content (AvgIpc) is 3.06. The van der Waals surface area contributed by atoms with Gasteiger partial charge in [-0.2, -0.15) is 0 Å². The maximum absolute atomic E-state index is 10.1. The topological polar surface area (TPSA) is 46.3 Å². The summed E-state index contributed by atoms with van der Waals surface area (Å²) in [5, 5.41) is 14.4. The van der Waals surface area contributed by atoms with Crippen LogP contribution in [0.1, 0.15) is 69.4 Å². The van der Waals surface area contributed by atoms with Crippen molar-refractivity contribution in [3.05, 3.63) is 28.7 Å². The summed E-state index contributed by atoms with van der Waals surface area (Å²) >= 11 is 0. The van der Waals surface area contributed by atoms with Gasteiger partial charge < -0.3 is 9.63 Å². The molecule has 4 aliphatic rings. The molecule has 2 fully saturated rings. The molecular formula is C21H29NO2. The van der Waals surface area contributed by atoms with Crippen LogP contribution < -0.4 is 0 Å². The second kappa shape index (κ2) is 4.75. The summed E-state index contributed by atoms with van der Waals surface area (Å²) in [6, 6.07) is 0. The van der Waals surface area contributed by atoms with Crippen LogP contribution in [0.4, 0.5) is 0 Å². The second-order valence-electron chi connectivity index (χ2n) is 9.38. The molecule has 3 heteroatoms. The third-order valence-corrected chi connectivity index (χ3v) is 8.38. The van der Waals surface area contributed by atoms with Gasteiger partial charge in [-0.25, -0.2) is 0 Å². The van der Waals surface area contributed by atoms with E-state index in [0.29, 0.717) is 11.3 Å². The molecule has 0 aliphatic heterocycles. The summed E-state index contributed by atoms with van der Waals surface area (Å²) in [5.41, 5.74) is 4.69. The highest BCUT2D eigenvalue weighted by atomic mass is 16.5. The lowest BCUT2D eigenvalue weighted by atomic mass is 9.47. The van der Waals surface area contributed by atoms with Gasteiger partial charge in [-0.15, -0.1) is 0 Å². The van der Waals surface area contributed by atoms with E-state index in [9.17, 15) is 5.11 Å². The first-order chi connectivity index (χ1) is 11.4. The average molecular weight is 327 g/mol. The predicted octanol–water partition coefficient (Wildman–Crippen LogP) is 4.32. The minimum absolute atomic E-state index is 0.112. The first-order valence-electron chi connectivity index (χ1n) is 9.76. The smallest absolute Gasteiger partial charge is 0.141 e. The molecule has 0 saturated heterocycles. The van der Waals surface area contributed by atoms with E-state index in [1.807, 2.05) is 0 Å². The minimum atomic E-state index is -0.112. The number of hydrogen-bond donors (Lipinski definition) is 1. The molecule has 2 saturated carbocycles. The maximum Gasteiger partial charge on any atom is 0.141 e. The summed E-state index contributed by atoms with van der Waals surface area (Å²) in [4.78, 5) is 0. The Hall–Kier alpha value is -1.09. The number of aliphatic hydroxyl groups excluding tert-OH is 1. The summed E-state index contributed by atoms with van der Waals surface area (Å²) in [6.45, 7) is 7.07. The Morgan fingerprint density at radius 3 is 2.75 bits per heavy atom. The Morgan fingerprint density at radius 1 is 1.12 bits per heavy atom. The monoisotopic (exact) mass is 327 g/mol. The first-order valence-corrected chi connectivity index (χ1v) is 9.76. The highest BCUT2D eigenvalue weighted by Gasteiger charge is 2.58. The standard InChI is InChI=1S/C21H29NO2/c1-12-19-18(24-22-12)11-17-15-5-4-13-10-14(23)6-8-20(13,2)16(15)7-9-21(17,19)3/h4,14-17,23H,5-11H2,1-3H3/t14-,15+,16-,17-,20+,21+/m1/s1. The molecule has 24 heavy (non-hydrogen) atoms. The Morgan fingerprint density at radius 2 is 1.92 bits per heavy atom. The zero-order valence-corrected chi connectivity index (χ0v) is 15.1. The van der Waals surface area contributed by atoms with Gasteiger partial charge in [-0.05, 0) is 68.6 Å². The van der Waals surface area contributed by atoms with Crippen LogP contribution >= 0.6 is 0 Å². The highest BCUT2D eigenvalue weighted by Crippen LogP contribution is 2.64. The van der Waals surface area contributed by atoms with Crippen LogP contribution in [-0.4, -0.2) is 16.4 Å². The zero-order valence-electron chi connectivity index (χ0n) is 15.1. The molecule has 3 nitrogen and oxygen atoms in total. The molecule has 0 radical (unpaired) electrons. The van der Waals surface area contributed by atoms with Crippen LogP contribution in [0.2, 0.25) is 0 Å². The molecule has 0 aromatic carbocycles. The molecule has 1 aromatic rings. The van der Waals surface area contributed by atoms with E-state index < -0.39 is 0 Å². The Balaban J connectivity index is 1.54. The fourth-order valence-corrected chi connectivity index (χ4v) is 7.14. The largest absolute Gasteiger partial charge is 0.393 e. The van der Waals surface area contributed by atoms with E-state index in [-0.39, 0.29) is 11.5 Å². The van der Waals surface area contributed by atoms with Gasteiger partial charge in [0.1, 0.15) is 5.76 Å². The molecule has 4 aliphatic carbocycles. The van der Waals surface area contributed by atoms with Crippen molar-refractivity contribution < 1.29 is 9.63 Å². The van der Waals surface area contributed by atoms with Crippen molar-refractivity contribution in [2.75, 3.05) is 0 Å². The molecule has 1 aromatic heterocycles. The number of aliphatic hydroxyl groups is 1. The quantitative estimate of drug-likeness (QED) is 0.722. The molecular weight excluding hydrogens is 298 g/mol. The van der Waals surface area contributed by atoms with Gasteiger partial charge in [0, 0.05) is 17.4 Å². The third-order valence-electron chi connectivity index (χ3n) is 8.38. The van der Waals surface area contributed by atoms with E-state index in [1.54, 1.807) is 5.57 Å². The Bertz CT molecular complexity index is 719. The fourth-order valence-electron chi connectivity index (χ4n) is 7.14. The maximum atomic E-state index is 10.1. The van der Waals surface area contributed by atoms with Gasteiger partial charge in [0.15, 0.2) is 0 Å². The van der Waals surface area contributed by atoms with Gasteiger partial charge in [0.2, 0.25) is 0 Å². The van der Waals surface area contributed by atoms with Crippen molar-refractivity contribution in [1.29, 1.82) is 0 Å². The van der Waals surface area contributed by atoms with Gasteiger partial charge in [0.05, 0.1) is 11.8 Å². The van der Waals surface area contributed by atoms with Crippen LogP contribution in [0.5, 0.6) is 0 Å². The lowest BCUT2D eigenvalue weighted by Gasteiger charge is -2.57. The molecule has 5 rings (SSSR count). The van der Waals surface area contributed by atoms with Gasteiger partial charge in [-0.3, -0.25) is 0 Å². The molecule has 1 heterocycles. The zero-order chi connectivity index (χ0) is 16.7. The molecule has 130 valence electrons. The van der Waals surface area contributed by atoms with E-state index in [4.69, 9.17) is 4.52 Å². The highest BCUT2D eigenvalue weighted by molar-refractivity contribution is 5.40. The van der Waals surface area contributed by atoms with Crippen molar-refractivity contribution in [3.8, 4) is 0 Å². The molecule has 0 amide bonds. The van der Waals surface area contributed by atoms with Crippen LogP contribution in [0.25, 0.3) is 0 Å². The first kappa shape index (κ1) is 15.2. The van der Waals surface area contributed by atoms with E-state index in [2.05, 4.69) is 32.0 Å². The molecule has 1 N–H and O–H groups in total. The van der Waals surface area contributed by atoms with Crippen molar-refractivity contribution in [2.24, 2.45) is 23.2 Å². The van der Waals surface area contributed by atoms with Crippen LogP contribution in [0, 0.1) is 30.1 Å². The predicted molar refractivity (Wildman–Crippen MR) is 92.7 cm³/mol. The summed E-state index contributed by atoms with van der Waals surface area (Å²) in [5.74, 6) is 3.41. The third kappa shape index (κ3) is 1.75. The number of aryl methyl sites for hydroxylation is 1. The lowest BCUT2D eigenvalue weighted by molar-refractivity contribution is -0.0172. The molecule has 6 atom stereocenters. The number of aromatic nitrogens is 1. The Kier molecular flexibility index (Phi) is 3.01. The van der Waals surface area contributed by atoms with E-state index >= 15 is 0 Å². The van der Waals surface area contributed by atoms with Crippen LogP contribution in [0.3, 0.4) is 0 Å². The van der Waals surface area contributed by atoms with Crippen LogP contribution in [-0.2, 0) is 11.8 Å². The van der Waals surface area contributed by atoms with E-state index in [1.165, 1.54) is 30.6 Å². The number of rotatable bonds is 0.